The first-order chi connectivity index (χ1) is 8.38. The van der Waals surface area contributed by atoms with E-state index in [0.717, 1.165) is 43.0 Å². The monoisotopic (exact) mass is 232 g/mol. The fourth-order valence-electron chi connectivity index (χ4n) is 2.29. The number of nitrogens with zero attached hydrogens (tertiary/aromatic N) is 2. The minimum atomic E-state index is 0.426. The number of hydrogen-bond donors (Lipinski definition) is 2. The van der Waals surface area contributed by atoms with Gasteiger partial charge >= 0.3 is 0 Å². The normalized spacial score (nSPS) is 17.5. The third-order valence-corrected chi connectivity index (χ3v) is 3.27. The molecule has 2 aromatic heterocycles. The summed E-state index contributed by atoms with van der Waals surface area (Å²) in [6, 6.07) is 1.91. The highest BCUT2D eigenvalue weighted by Crippen LogP contribution is 2.29. The summed E-state index contributed by atoms with van der Waals surface area (Å²) in [6.07, 6.45) is 3.91. The van der Waals surface area contributed by atoms with E-state index in [-0.39, 0.29) is 0 Å². The largest absolute Gasteiger partial charge is 0.422 e. The predicted octanol–water partition coefficient (Wildman–Crippen LogP) is 1.73. The first-order valence-corrected chi connectivity index (χ1v) is 6.02. The van der Waals surface area contributed by atoms with E-state index in [1.54, 1.807) is 6.20 Å². The highest BCUT2D eigenvalue weighted by molar-refractivity contribution is 5.83. The molecule has 1 saturated heterocycles. The minimum absolute atomic E-state index is 0.426. The summed E-state index contributed by atoms with van der Waals surface area (Å²) in [5.41, 5.74) is 2.44. The van der Waals surface area contributed by atoms with Crippen molar-refractivity contribution in [2.24, 2.45) is 0 Å². The Balaban J connectivity index is 2.00. The van der Waals surface area contributed by atoms with Crippen molar-refractivity contribution < 1.29 is 4.42 Å². The van der Waals surface area contributed by atoms with Crippen LogP contribution in [-0.4, -0.2) is 30.1 Å². The van der Waals surface area contributed by atoms with Crippen LogP contribution in [0.4, 0.5) is 5.69 Å². The van der Waals surface area contributed by atoms with Crippen LogP contribution in [0.25, 0.3) is 11.2 Å². The van der Waals surface area contributed by atoms with Crippen molar-refractivity contribution in [3.63, 3.8) is 0 Å². The third kappa shape index (κ3) is 1.86. The second kappa shape index (κ2) is 4.33. The number of piperidine rings is 1. The molecule has 0 aromatic carbocycles. The van der Waals surface area contributed by atoms with E-state index < -0.39 is 0 Å². The van der Waals surface area contributed by atoms with Gasteiger partial charge in [-0.15, -0.1) is 0 Å². The van der Waals surface area contributed by atoms with Crippen LogP contribution in [-0.2, 0) is 0 Å². The van der Waals surface area contributed by atoms with Crippen LogP contribution in [0.3, 0.4) is 0 Å². The van der Waals surface area contributed by atoms with Crippen LogP contribution in [0.5, 0.6) is 0 Å². The molecule has 0 aliphatic carbocycles. The molecular formula is C12H16N4O. The maximum atomic E-state index is 5.76. The summed E-state index contributed by atoms with van der Waals surface area (Å²) in [4.78, 5) is 8.81. The molecule has 1 aliphatic rings. The molecule has 0 unspecified atom stereocenters. The molecular weight excluding hydrogens is 216 g/mol. The number of oxazole rings is 1. The number of rotatable bonds is 2. The molecule has 1 aliphatic heterocycles. The summed E-state index contributed by atoms with van der Waals surface area (Å²) >= 11 is 0. The Labute approximate surface area is 99.6 Å². The van der Waals surface area contributed by atoms with Crippen LogP contribution >= 0.6 is 0 Å². The standard InChI is InChI=1S/C12H16N4O/c1-13-9-4-7-15-12-10(9)16-11(17-12)8-2-5-14-6-3-8/h4,7-8,14H,2-3,5-6H2,1H3,(H,13,15). The van der Waals surface area contributed by atoms with Gasteiger partial charge in [-0.25, -0.2) is 9.97 Å². The SMILES string of the molecule is CNc1ccnc2oc(C3CCNCC3)nc12. The summed E-state index contributed by atoms with van der Waals surface area (Å²) in [5.74, 6) is 1.26. The zero-order valence-corrected chi connectivity index (χ0v) is 9.86. The Morgan fingerprint density at radius 1 is 1.41 bits per heavy atom. The molecule has 0 atom stereocenters. The molecule has 17 heavy (non-hydrogen) atoms. The van der Waals surface area contributed by atoms with Gasteiger partial charge in [0, 0.05) is 19.2 Å². The maximum Gasteiger partial charge on any atom is 0.249 e. The van der Waals surface area contributed by atoms with Gasteiger partial charge in [-0.2, -0.15) is 0 Å². The first-order valence-electron chi connectivity index (χ1n) is 6.02. The summed E-state index contributed by atoms with van der Waals surface area (Å²) in [5, 5.41) is 6.45. The Morgan fingerprint density at radius 2 is 2.24 bits per heavy atom. The topological polar surface area (TPSA) is 63.0 Å². The molecule has 2 N–H and O–H groups in total. The lowest BCUT2D eigenvalue weighted by Gasteiger charge is -2.19. The maximum absolute atomic E-state index is 5.76. The van der Waals surface area contributed by atoms with Crippen molar-refractivity contribution in [2.75, 3.05) is 25.5 Å². The molecule has 3 heterocycles. The first kappa shape index (κ1) is 10.5. The van der Waals surface area contributed by atoms with E-state index in [0.29, 0.717) is 11.6 Å². The van der Waals surface area contributed by atoms with E-state index in [9.17, 15) is 0 Å². The molecule has 0 spiro atoms. The van der Waals surface area contributed by atoms with Gasteiger partial charge < -0.3 is 15.1 Å². The van der Waals surface area contributed by atoms with Gasteiger partial charge in [0.05, 0.1) is 5.69 Å². The molecule has 1 fully saturated rings. The lowest BCUT2D eigenvalue weighted by molar-refractivity contribution is 0.383. The Bertz CT molecular complexity index is 516. The Kier molecular flexibility index (Phi) is 2.68. The number of nitrogens with one attached hydrogen (secondary N) is 2. The highest BCUT2D eigenvalue weighted by Gasteiger charge is 2.21. The van der Waals surface area contributed by atoms with E-state index >= 15 is 0 Å². The van der Waals surface area contributed by atoms with Gasteiger partial charge in [0.2, 0.25) is 11.6 Å². The minimum Gasteiger partial charge on any atom is -0.422 e. The van der Waals surface area contributed by atoms with Gasteiger partial charge in [0.1, 0.15) is 0 Å². The quantitative estimate of drug-likeness (QED) is 0.825. The fourth-order valence-corrected chi connectivity index (χ4v) is 2.29. The average Bonchev–Trinajstić information content (AvgIpc) is 2.83. The molecule has 0 bridgehead atoms. The third-order valence-electron chi connectivity index (χ3n) is 3.27. The van der Waals surface area contributed by atoms with Crippen molar-refractivity contribution in [1.29, 1.82) is 0 Å². The van der Waals surface area contributed by atoms with Gasteiger partial charge in [0.15, 0.2) is 5.52 Å². The molecule has 5 heteroatoms. The van der Waals surface area contributed by atoms with E-state index in [1.807, 2.05) is 13.1 Å². The number of pyridine rings is 1. The van der Waals surface area contributed by atoms with Gasteiger partial charge in [0.25, 0.3) is 0 Å². The highest BCUT2D eigenvalue weighted by atomic mass is 16.4. The van der Waals surface area contributed by atoms with E-state index in [2.05, 4.69) is 20.6 Å². The number of anilines is 1. The van der Waals surface area contributed by atoms with E-state index in [1.165, 1.54) is 0 Å². The van der Waals surface area contributed by atoms with Crippen molar-refractivity contribution in [2.45, 2.75) is 18.8 Å². The number of hydrogen-bond acceptors (Lipinski definition) is 5. The van der Waals surface area contributed by atoms with Gasteiger partial charge in [-0.3, -0.25) is 0 Å². The van der Waals surface area contributed by atoms with Crippen LogP contribution < -0.4 is 10.6 Å². The van der Waals surface area contributed by atoms with E-state index in [4.69, 9.17) is 4.42 Å². The van der Waals surface area contributed by atoms with Crippen molar-refractivity contribution in [3.8, 4) is 0 Å². The molecule has 90 valence electrons. The summed E-state index contributed by atoms with van der Waals surface area (Å²) in [6.45, 7) is 2.07. The van der Waals surface area contributed by atoms with Crippen LogP contribution in [0, 0.1) is 0 Å². The van der Waals surface area contributed by atoms with Crippen LogP contribution in [0.1, 0.15) is 24.7 Å². The van der Waals surface area contributed by atoms with Gasteiger partial charge in [-0.1, -0.05) is 0 Å². The Hall–Kier alpha value is -1.62. The van der Waals surface area contributed by atoms with Crippen LogP contribution in [0.15, 0.2) is 16.7 Å². The molecule has 0 saturated carbocycles. The number of aromatic nitrogens is 2. The molecule has 3 rings (SSSR count). The van der Waals surface area contributed by atoms with Crippen molar-refractivity contribution >= 4 is 16.9 Å². The molecule has 5 nitrogen and oxygen atoms in total. The molecule has 0 amide bonds. The summed E-state index contributed by atoms with van der Waals surface area (Å²) in [7, 11) is 1.88. The summed E-state index contributed by atoms with van der Waals surface area (Å²) < 4.78 is 5.76. The second-order valence-corrected chi connectivity index (χ2v) is 4.34. The average molecular weight is 232 g/mol. The molecule has 0 radical (unpaired) electrons. The van der Waals surface area contributed by atoms with Crippen molar-refractivity contribution in [1.82, 2.24) is 15.3 Å². The Morgan fingerprint density at radius 3 is 3.00 bits per heavy atom. The smallest absolute Gasteiger partial charge is 0.249 e. The zero-order valence-electron chi connectivity index (χ0n) is 9.86. The lowest BCUT2D eigenvalue weighted by Crippen LogP contribution is -2.26. The molecule has 2 aromatic rings. The lowest BCUT2D eigenvalue weighted by atomic mass is 9.98. The second-order valence-electron chi connectivity index (χ2n) is 4.34. The van der Waals surface area contributed by atoms with Crippen molar-refractivity contribution in [3.05, 3.63) is 18.2 Å². The van der Waals surface area contributed by atoms with Gasteiger partial charge in [-0.05, 0) is 32.0 Å². The zero-order chi connectivity index (χ0) is 11.7. The predicted molar refractivity (Wildman–Crippen MR) is 66.2 cm³/mol. The fraction of sp³-hybridized carbons (Fsp3) is 0.500. The van der Waals surface area contributed by atoms with Crippen LogP contribution in [0.2, 0.25) is 0 Å². The number of fused-ring (bicyclic) bond motifs is 1.